The zero-order valence-corrected chi connectivity index (χ0v) is 14.4. The highest BCUT2D eigenvalue weighted by atomic mass is 16.7. The van der Waals surface area contributed by atoms with Crippen LogP contribution in [0.5, 0.6) is 0 Å². The highest BCUT2D eigenvalue weighted by Gasteiger charge is 2.57. The van der Waals surface area contributed by atoms with Gasteiger partial charge < -0.3 is 9.47 Å². The number of hydrogen-bond acceptors (Lipinski definition) is 3. The number of ether oxygens (including phenoxy) is 2. The normalized spacial score (nSPS) is 53.5. The van der Waals surface area contributed by atoms with E-state index in [-0.39, 0.29) is 18.1 Å². The molecule has 4 fully saturated rings. The molecule has 3 nitrogen and oxygen atoms in total. The Hall–Kier alpha value is -0.410. The molecule has 3 saturated carbocycles. The van der Waals surface area contributed by atoms with Gasteiger partial charge in [-0.1, -0.05) is 13.8 Å². The summed E-state index contributed by atoms with van der Waals surface area (Å²) in [7, 11) is 0. The van der Waals surface area contributed by atoms with Gasteiger partial charge in [0, 0.05) is 12.3 Å². The van der Waals surface area contributed by atoms with Crippen molar-refractivity contribution in [2.45, 2.75) is 84.2 Å². The quantitative estimate of drug-likeness (QED) is 0.680. The monoisotopic (exact) mass is 306 g/mol. The second-order valence-electron chi connectivity index (χ2n) is 9.07. The summed E-state index contributed by atoms with van der Waals surface area (Å²) in [5, 5.41) is 0. The fourth-order valence-corrected chi connectivity index (χ4v) is 6.23. The van der Waals surface area contributed by atoms with Gasteiger partial charge in [0.1, 0.15) is 5.78 Å². The van der Waals surface area contributed by atoms with Crippen LogP contribution in [0.15, 0.2) is 0 Å². The van der Waals surface area contributed by atoms with Gasteiger partial charge in [-0.2, -0.15) is 0 Å². The van der Waals surface area contributed by atoms with Gasteiger partial charge in [0.2, 0.25) is 0 Å². The molecule has 7 unspecified atom stereocenters. The molecule has 0 N–H and O–H groups in total. The molecule has 1 saturated heterocycles. The lowest BCUT2D eigenvalue weighted by molar-refractivity contribution is -0.146. The maximum Gasteiger partial charge on any atom is 0.163 e. The predicted molar refractivity (Wildman–Crippen MR) is 84.3 cm³/mol. The molecule has 0 aromatic heterocycles. The summed E-state index contributed by atoms with van der Waals surface area (Å²) in [4.78, 5) is 12.1. The molecule has 3 aliphatic carbocycles. The van der Waals surface area contributed by atoms with Crippen LogP contribution in [0.2, 0.25) is 0 Å². The molecule has 0 radical (unpaired) electrons. The first-order valence-electron chi connectivity index (χ1n) is 9.17. The summed E-state index contributed by atoms with van der Waals surface area (Å²) in [5.41, 5.74) is 0.381. The Morgan fingerprint density at radius 2 is 1.77 bits per heavy atom. The molecule has 4 rings (SSSR count). The van der Waals surface area contributed by atoms with Crippen molar-refractivity contribution >= 4 is 5.78 Å². The fourth-order valence-electron chi connectivity index (χ4n) is 6.23. The van der Waals surface area contributed by atoms with Crippen molar-refractivity contribution in [1.29, 1.82) is 0 Å². The maximum atomic E-state index is 12.1. The van der Waals surface area contributed by atoms with E-state index >= 15 is 0 Å². The Morgan fingerprint density at radius 3 is 2.55 bits per heavy atom. The predicted octanol–water partition coefficient (Wildman–Crippen LogP) is 3.95. The van der Waals surface area contributed by atoms with Gasteiger partial charge in [-0.15, -0.1) is 0 Å². The zero-order chi connectivity index (χ0) is 15.7. The first kappa shape index (κ1) is 15.1. The van der Waals surface area contributed by atoms with Crippen LogP contribution in [0.25, 0.3) is 0 Å². The van der Waals surface area contributed by atoms with Crippen molar-refractivity contribution in [3.05, 3.63) is 0 Å². The average molecular weight is 306 g/mol. The standard InChI is InChI=1S/C19H30O3/c1-11-12-7-8-19(4)10-17-16(21-18(2,3)22-17)9-14(19)13(12)5-6-15(11)20/h11-14,16-17H,5-10H2,1-4H3. The molecule has 0 amide bonds. The van der Waals surface area contributed by atoms with Crippen LogP contribution in [-0.4, -0.2) is 23.8 Å². The lowest BCUT2D eigenvalue weighted by atomic mass is 9.49. The molecule has 0 bridgehead atoms. The minimum Gasteiger partial charge on any atom is -0.345 e. The molecule has 1 heterocycles. The summed E-state index contributed by atoms with van der Waals surface area (Å²) >= 11 is 0. The van der Waals surface area contributed by atoms with Crippen molar-refractivity contribution in [2.24, 2.45) is 29.1 Å². The van der Waals surface area contributed by atoms with E-state index in [4.69, 9.17) is 9.47 Å². The molecule has 7 atom stereocenters. The van der Waals surface area contributed by atoms with Gasteiger partial charge in [0.05, 0.1) is 12.2 Å². The molecule has 4 aliphatic rings. The third kappa shape index (κ3) is 2.19. The number of Topliss-reactive ketones (excluding diaryl/α,β-unsaturated/α-hetero) is 1. The summed E-state index contributed by atoms with van der Waals surface area (Å²) in [5.74, 6) is 2.40. The van der Waals surface area contributed by atoms with Crippen molar-refractivity contribution in [1.82, 2.24) is 0 Å². The van der Waals surface area contributed by atoms with Crippen LogP contribution in [0.4, 0.5) is 0 Å². The Labute approximate surface area is 134 Å². The number of ketones is 1. The average Bonchev–Trinajstić information content (AvgIpc) is 2.72. The van der Waals surface area contributed by atoms with E-state index in [1.165, 1.54) is 12.8 Å². The van der Waals surface area contributed by atoms with E-state index in [1.54, 1.807) is 0 Å². The lowest BCUT2D eigenvalue weighted by Gasteiger charge is -2.56. The van der Waals surface area contributed by atoms with Gasteiger partial charge in [-0.05, 0) is 69.1 Å². The van der Waals surface area contributed by atoms with E-state index < -0.39 is 5.79 Å². The molecule has 3 heteroatoms. The molecular weight excluding hydrogens is 276 g/mol. The number of rotatable bonds is 0. The summed E-state index contributed by atoms with van der Waals surface area (Å²) in [6.07, 6.45) is 7.19. The summed E-state index contributed by atoms with van der Waals surface area (Å²) in [6, 6.07) is 0. The van der Waals surface area contributed by atoms with Crippen molar-refractivity contribution in [3.8, 4) is 0 Å². The second kappa shape index (κ2) is 4.80. The molecule has 22 heavy (non-hydrogen) atoms. The summed E-state index contributed by atoms with van der Waals surface area (Å²) in [6.45, 7) is 8.73. The van der Waals surface area contributed by atoms with Gasteiger partial charge in [-0.3, -0.25) is 4.79 Å². The second-order valence-corrected chi connectivity index (χ2v) is 9.07. The van der Waals surface area contributed by atoms with Crippen molar-refractivity contribution < 1.29 is 14.3 Å². The number of hydrogen-bond donors (Lipinski definition) is 0. The van der Waals surface area contributed by atoms with Gasteiger partial charge in [-0.25, -0.2) is 0 Å². The Balaban J connectivity index is 1.60. The van der Waals surface area contributed by atoms with Crippen LogP contribution >= 0.6 is 0 Å². The number of carbonyl (C=O) groups excluding carboxylic acids is 1. The lowest BCUT2D eigenvalue weighted by Crippen LogP contribution is -2.53. The summed E-state index contributed by atoms with van der Waals surface area (Å²) < 4.78 is 12.4. The van der Waals surface area contributed by atoms with E-state index in [2.05, 4.69) is 13.8 Å². The van der Waals surface area contributed by atoms with Crippen LogP contribution in [0.3, 0.4) is 0 Å². The molecule has 0 aromatic carbocycles. The SMILES string of the molecule is CC1C(=O)CCC2C1CCC1(C)CC3OC(C)(C)OC3CC21. The first-order chi connectivity index (χ1) is 10.3. The minimum absolute atomic E-state index is 0.264. The smallest absolute Gasteiger partial charge is 0.163 e. The van der Waals surface area contributed by atoms with E-state index in [0.717, 1.165) is 31.6 Å². The molecular formula is C19H30O3. The Kier molecular flexibility index (Phi) is 3.30. The number of fused-ring (bicyclic) bond motifs is 4. The van der Waals surface area contributed by atoms with Crippen LogP contribution in [0, 0.1) is 29.1 Å². The largest absolute Gasteiger partial charge is 0.345 e. The van der Waals surface area contributed by atoms with E-state index in [0.29, 0.717) is 23.0 Å². The van der Waals surface area contributed by atoms with Gasteiger partial charge in [0.25, 0.3) is 0 Å². The van der Waals surface area contributed by atoms with Crippen LogP contribution in [-0.2, 0) is 14.3 Å². The Morgan fingerprint density at radius 1 is 1.05 bits per heavy atom. The highest BCUT2D eigenvalue weighted by molar-refractivity contribution is 5.81. The van der Waals surface area contributed by atoms with Crippen molar-refractivity contribution in [2.75, 3.05) is 0 Å². The molecule has 0 aromatic rings. The van der Waals surface area contributed by atoms with Gasteiger partial charge >= 0.3 is 0 Å². The molecule has 1 aliphatic heterocycles. The Bertz CT molecular complexity index is 485. The van der Waals surface area contributed by atoms with Crippen molar-refractivity contribution in [3.63, 3.8) is 0 Å². The van der Waals surface area contributed by atoms with Crippen LogP contribution < -0.4 is 0 Å². The molecule has 0 spiro atoms. The van der Waals surface area contributed by atoms with E-state index in [9.17, 15) is 4.79 Å². The third-order valence-electron chi connectivity index (χ3n) is 7.32. The zero-order valence-electron chi connectivity index (χ0n) is 14.4. The highest BCUT2D eigenvalue weighted by Crippen LogP contribution is 2.60. The fraction of sp³-hybridized carbons (Fsp3) is 0.947. The third-order valence-corrected chi connectivity index (χ3v) is 7.32. The maximum absolute atomic E-state index is 12.1. The molecule has 124 valence electrons. The first-order valence-corrected chi connectivity index (χ1v) is 9.17. The topological polar surface area (TPSA) is 35.5 Å². The van der Waals surface area contributed by atoms with E-state index in [1.807, 2.05) is 13.8 Å². The number of carbonyl (C=O) groups is 1. The van der Waals surface area contributed by atoms with Crippen LogP contribution in [0.1, 0.15) is 66.2 Å². The minimum atomic E-state index is -0.422. The van der Waals surface area contributed by atoms with Gasteiger partial charge in [0.15, 0.2) is 5.79 Å².